The number of benzene rings is 2. The second-order valence-corrected chi connectivity index (χ2v) is 5.97. The number of hydrogen-bond donors (Lipinski definition) is 1. The van der Waals surface area contributed by atoms with E-state index in [4.69, 9.17) is 13.9 Å². The zero-order chi connectivity index (χ0) is 17.8. The number of nitrogens with zero attached hydrogens (tertiary/aromatic N) is 1. The van der Waals surface area contributed by atoms with Gasteiger partial charge in [-0.1, -0.05) is 18.2 Å². The molecule has 0 amide bonds. The molecule has 3 aromatic rings. The number of methoxy groups -OCH3 is 2. The topological polar surface area (TPSA) is 81.8 Å². The van der Waals surface area contributed by atoms with Gasteiger partial charge in [0.2, 0.25) is 0 Å². The maximum absolute atomic E-state index is 11.6. The van der Waals surface area contributed by atoms with Gasteiger partial charge in [-0.2, -0.15) is 0 Å². The maximum atomic E-state index is 11.6. The van der Waals surface area contributed by atoms with Crippen molar-refractivity contribution in [2.75, 3.05) is 14.2 Å². The molecule has 128 valence electrons. The molecule has 0 fully saturated rings. The van der Waals surface area contributed by atoms with Crippen molar-refractivity contribution in [2.24, 2.45) is 0 Å². The summed E-state index contributed by atoms with van der Waals surface area (Å²) in [6, 6.07) is 12.4. The summed E-state index contributed by atoms with van der Waals surface area (Å²) in [4.78, 5) is 16.0. The van der Waals surface area contributed by atoms with E-state index in [1.807, 2.05) is 12.1 Å². The number of carboxylic acids is 1. The van der Waals surface area contributed by atoms with Crippen molar-refractivity contribution in [1.29, 1.82) is 0 Å². The van der Waals surface area contributed by atoms with Gasteiger partial charge in [-0.15, -0.1) is 0 Å². The molecule has 6 nitrogen and oxygen atoms in total. The SMILES string of the molecule is COc1ccc(/C=C(/Sc2nc3ccccc3o2)C(=O)O)cc1OC. The number of para-hydroxylation sites is 2. The average Bonchev–Trinajstić information content (AvgIpc) is 3.03. The van der Waals surface area contributed by atoms with E-state index in [1.54, 1.807) is 37.4 Å². The summed E-state index contributed by atoms with van der Waals surface area (Å²) < 4.78 is 16.0. The molecule has 0 spiro atoms. The molecule has 0 aliphatic carbocycles. The number of rotatable bonds is 6. The molecule has 0 unspecified atom stereocenters. The molecular weight excluding hydrogens is 342 g/mol. The lowest BCUT2D eigenvalue weighted by atomic mass is 10.2. The predicted octanol–water partition coefficient (Wildman–Crippen LogP) is 4.06. The van der Waals surface area contributed by atoms with Gasteiger partial charge in [0.1, 0.15) is 10.4 Å². The van der Waals surface area contributed by atoms with Crippen molar-refractivity contribution in [3.05, 3.63) is 52.9 Å². The van der Waals surface area contributed by atoms with E-state index in [0.29, 0.717) is 28.2 Å². The molecule has 2 aromatic carbocycles. The van der Waals surface area contributed by atoms with Crippen LogP contribution in [0.4, 0.5) is 0 Å². The summed E-state index contributed by atoms with van der Waals surface area (Å²) >= 11 is 0.953. The van der Waals surface area contributed by atoms with Gasteiger partial charge in [0, 0.05) is 0 Å². The molecule has 25 heavy (non-hydrogen) atoms. The highest BCUT2D eigenvalue weighted by molar-refractivity contribution is 8.03. The van der Waals surface area contributed by atoms with Crippen LogP contribution in [-0.2, 0) is 4.79 Å². The van der Waals surface area contributed by atoms with E-state index in [2.05, 4.69) is 4.98 Å². The van der Waals surface area contributed by atoms with Crippen LogP contribution in [0.25, 0.3) is 17.2 Å². The Kier molecular flexibility index (Phi) is 4.95. The van der Waals surface area contributed by atoms with Gasteiger partial charge in [-0.05, 0) is 47.7 Å². The number of fused-ring (bicyclic) bond motifs is 1. The first-order valence-corrected chi connectivity index (χ1v) is 8.13. The molecule has 1 N–H and O–H groups in total. The van der Waals surface area contributed by atoms with Gasteiger partial charge in [0.05, 0.1) is 14.2 Å². The molecule has 0 aliphatic heterocycles. The highest BCUT2D eigenvalue weighted by atomic mass is 32.2. The van der Waals surface area contributed by atoms with Crippen molar-refractivity contribution in [3.63, 3.8) is 0 Å². The first-order valence-electron chi connectivity index (χ1n) is 7.31. The van der Waals surface area contributed by atoms with Crippen molar-refractivity contribution in [2.45, 2.75) is 5.22 Å². The highest BCUT2D eigenvalue weighted by Crippen LogP contribution is 2.33. The highest BCUT2D eigenvalue weighted by Gasteiger charge is 2.15. The van der Waals surface area contributed by atoms with Crippen molar-refractivity contribution in [3.8, 4) is 11.5 Å². The Bertz CT molecular complexity index is 915. The molecule has 0 radical (unpaired) electrons. The number of aromatic nitrogens is 1. The fourth-order valence-corrected chi connectivity index (χ4v) is 2.96. The quantitative estimate of drug-likeness (QED) is 0.526. The van der Waals surface area contributed by atoms with E-state index in [1.165, 1.54) is 13.2 Å². The summed E-state index contributed by atoms with van der Waals surface area (Å²) in [6.07, 6.45) is 1.53. The predicted molar refractivity (Wildman–Crippen MR) is 95.0 cm³/mol. The largest absolute Gasteiger partial charge is 0.493 e. The molecule has 0 aliphatic rings. The van der Waals surface area contributed by atoms with Crippen LogP contribution in [0.3, 0.4) is 0 Å². The lowest BCUT2D eigenvalue weighted by Crippen LogP contribution is -1.97. The number of carbonyl (C=O) groups is 1. The number of carboxylic acid groups (broad SMARTS) is 1. The molecule has 1 aromatic heterocycles. The molecule has 0 atom stereocenters. The Morgan fingerprint density at radius 2 is 1.92 bits per heavy atom. The first-order chi connectivity index (χ1) is 12.1. The van der Waals surface area contributed by atoms with Gasteiger partial charge in [0.15, 0.2) is 17.1 Å². The van der Waals surface area contributed by atoms with Crippen LogP contribution in [0.1, 0.15) is 5.56 Å². The lowest BCUT2D eigenvalue weighted by Gasteiger charge is -2.08. The average molecular weight is 357 g/mol. The summed E-state index contributed by atoms with van der Waals surface area (Å²) in [5.41, 5.74) is 1.96. The molecule has 0 bridgehead atoms. The zero-order valence-corrected chi connectivity index (χ0v) is 14.4. The second-order valence-electron chi connectivity index (χ2n) is 4.98. The fourth-order valence-electron chi connectivity index (χ4n) is 2.22. The van der Waals surface area contributed by atoms with Crippen molar-refractivity contribution < 1.29 is 23.8 Å². The van der Waals surface area contributed by atoms with Crippen LogP contribution < -0.4 is 9.47 Å². The van der Waals surface area contributed by atoms with E-state index < -0.39 is 5.97 Å². The number of thioether (sulfide) groups is 1. The van der Waals surface area contributed by atoms with Crippen LogP contribution >= 0.6 is 11.8 Å². The third-order valence-electron chi connectivity index (χ3n) is 3.39. The Balaban J connectivity index is 1.92. The van der Waals surface area contributed by atoms with Crippen LogP contribution in [-0.4, -0.2) is 30.3 Å². The van der Waals surface area contributed by atoms with E-state index in [0.717, 1.165) is 11.8 Å². The molecule has 1 heterocycles. The van der Waals surface area contributed by atoms with Crippen LogP contribution in [0.5, 0.6) is 11.5 Å². The third-order valence-corrected chi connectivity index (χ3v) is 4.25. The minimum Gasteiger partial charge on any atom is -0.493 e. The van der Waals surface area contributed by atoms with Crippen molar-refractivity contribution in [1.82, 2.24) is 4.98 Å². The fraction of sp³-hybridized carbons (Fsp3) is 0.111. The first kappa shape index (κ1) is 16.9. The Morgan fingerprint density at radius 1 is 1.16 bits per heavy atom. The van der Waals surface area contributed by atoms with Gasteiger partial charge in [-0.3, -0.25) is 0 Å². The Morgan fingerprint density at radius 3 is 2.60 bits per heavy atom. The second kappa shape index (κ2) is 7.31. The molecular formula is C18H15NO5S. The standard InChI is InChI=1S/C18H15NO5S/c1-22-14-8-7-11(9-15(14)23-2)10-16(17(20)21)25-18-19-12-5-3-4-6-13(12)24-18/h3-10H,1-2H3,(H,20,21)/b16-10+. The van der Waals surface area contributed by atoms with E-state index in [-0.39, 0.29) is 10.1 Å². The number of oxazole rings is 1. The molecule has 0 saturated carbocycles. The smallest absolute Gasteiger partial charge is 0.342 e. The van der Waals surface area contributed by atoms with Gasteiger partial charge >= 0.3 is 5.97 Å². The van der Waals surface area contributed by atoms with Gasteiger partial charge < -0.3 is 19.0 Å². The number of ether oxygens (including phenoxy) is 2. The third kappa shape index (κ3) is 3.77. The minimum absolute atomic E-state index is 0.0822. The summed E-state index contributed by atoms with van der Waals surface area (Å²) in [5, 5.41) is 9.76. The van der Waals surface area contributed by atoms with Gasteiger partial charge in [0.25, 0.3) is 5.22 Å². The van der Waals surface area contributed by atoms with Crippen molar-refractivity contribution >= 4 is 34.9 Å². The minimum atomic E-state index is -1.07. The summed E-state index contributed by atoms with van der Waals surface area (Å²) in [7, 11) is 3.07. The summed E-state index contributed by atoms with van der Waals surface area (Å²) in [5.74, 6) is 0.0259. The zero-order valence-electron chi connectivity index (χ0n) is 13.6. The monoisotopic (exact) mass is 357 g/mol. The molecule has 7 heteroatoms. The normalized spacial score (nSPS) is 11.5. The molecule has 0 saturated heterocycles. The van der Waals surface area contributed by atoms with E-state index in [9.17, 15) is 9.90 Å². The lowest BCUT2D eigenvalue weighted by molar-refractivity contribution is -0.131. The Labute approximate surface area is 148 Å². The van der Waals surface area contributed by atoms with E-state index >= 15 is 0 Å². The Hall–Kier alpha value is -2.93. The summed E-state index contributed by atoms with van der Waals surface area (Å²) in [6.45, 7) is 0. The van der Waals surface area contributed by atoms with Gasteiger partial charge in [-0.25, -0.2) is 9.78 Å². The van der Waals surface area contributed by atoms with Crippen LogP contribution in [0.15, 0.2) is 57.0 Å². The number of hydrogen-bond acceptors (Lipinski definition) is 6. The maximum Gasteiger partial charge on any atom is 0.342 e. The van der Waals surface area contributed by atoms with Crippen LogP contribution in [0, 0.1) is 0 Å². The molecule has 3 rings (SSSR count). The number of aliphatic carboxylic acids is 1. The van der Waals surface area contributed by atoms with Crippen LogP contribution in [0.2, 0.25) is 0 Å².